The number of para-hydroxylation sites is 1. The Morgan fingerprint density at radius 1 is 1.37 bits per heavy atom. The highest BCUT2D eigenvalue weighted by molar-refractivity contribution is 5.93. The van der Waals surface area contributed by atoms with Crippen molar-refractivity contribution in [2.75, 3.05) is 13.1 Å². The summed E-state index contributed by atoms with van der Waals surface area (Å²) in [5.41, 5.74) is 6.01. The van der Waals surface area contributed by atoms with Crippen LogP contribution in [0, 0.1) is 0 Å². The third kappa shape index (κ3) is 2.13. The second-order valence-corrected chi connectivity index (χ2v) is 4.77. The Morgan fingerprint density at radius 2 is 2.16 bits per heavy atom. The molecule has 1 unspecified atom stereocenters. The van der Waals surface area contributed by atoms with Crippen LogP contribution in [0.4, 0.5) is 0 Å². The molecule has 1 atom stereocenters. The highest BCUT2D eigenvalue weighted by Gasteiger charge is 2.26. The topological polar surface area (TPSA) is 76.5 Å². The van der Waals surface area contributed by atoms with Crippen LogP contribution in [0.15, 0.2) is 39.5 Å². The van der Waals surface area contributed by atoms with Crippen molar-refractivity contribution >= 4 is 16.9 Å². The molecule has 1 fully saturated rings. The molecule has 2 heterocycles. The minimum Gasteiger partial charge on any atom is -0.451 e. The van der Waals surface area contributed by atoms with E-state index in [4.69, 9.17) is 10.2 Å². The number of nitrogens with two attached hydrogens (primary N) is 1. The quantitative estimate of drug-likeness (QED) is 0.826. The van der Waals surface area contributed by atoms with Gasteiger partial charge >= 0.3 is 0 Å². The van der Waals surface area contributed by atoms with Crippen molar-refractivity contribution in [3.63, 3.8) is 0 Å². The van der Waals surface area contributed by atoms with E-state index in [-0.39, 0.29) is 23.1 Å². The minimum absolute atomic E-state index is 0.0103. The average molecular weight is 258 g/mol. The maximum absolute atomic E-state index is 12.2. The standard InChI is InChI=1S/C14H14N2O3/c15-9-5-6-16(8-9)14(18)13-7-11(17)10-3-1-2-4-12(10)19-13/h1-4,7,9H,5-6,8,15H2. The average Bonchev–Trinajstić information content (AvgIpc) is 2.84. The van der Waals surface area contributed by atoms with Crippen LogP contribution in [-0.4, -0.2) is 29.9 Å². The molecule has 0 bridgehead atoms. The Morgan fingerprint density at radius 3 is 2.89 bits per heavy atom. The van der Waals surface area contributed by atoms with E-state index in [0.717, 1.165) is 6.42 Å². The maximum Gasteiger partial charge on any atom is 0.289 e. The molecule has 1 aliphatic heterocycles. The summed E-state index contributed by atoms with van der Waals surface area (Å²) in [6.07, 6.45) is 0.781. The van der Waals surface area contributed by atoms with Gasteiger partial charge in [-0.1, -0.05) is 12.1 Å². The van der Waals surface area contributed by atoms with Gasteiger partial charge in [-0.25, -0.2) is 0 Å². The predicted molar refractivity (Wildman–Crippen MR) is 71.0 cm³/mol. The number of rotatable bonds is 1. The largest absolute Gasteiger partial charge is 0.451 e. The van der Waals surface area contributed by atoms with Crippen molar-refractivity contribution < 1.29 is 9.21 Å². The molecule has 98 valence electrons. The normalized spacial score (nSPS) is 19.0. The molecule has 5 nitrogen and oxygen atoms in total. The van der Waals surface area contributed by atoms with E-state index in [9.17, 15) is 9.59 Å². The van der Waals surface area contributed by atoms with Crippen LogP contribution in [-0.2, 0) is 0 Å². The monoisotopic (exact) mass is 258 g/mol. The van der Waals surface area contributed by atoms with E-state index in [1.54, 1.807) is 29.2 Å². The van der Waals surface area contributed by atoms with E-state index in [0.29, 0.717) is 24.1 Å². The van der Waals surface area contributed by atoms with Gasteiger partial charge in [-0.15, -0.1) is 0 Å². The zero-order valence-corrected chi connectivity index (χ0v) is 10.3. The lowest BCUT2D eigenvalue weighted by atomic mass is 10.2. The first kappa shape index (κ1) is 11.9. The molecule has 0 radical (unpaired) electrons. The molecule has 2 N–H and O–H groups in total. The van der Waals surface area contributed by atoms with Crippen molar-refractivity contribution in [2.45, 2.75) is 12.5 Å². The zero-order chi connectivity index (χ0) is 13.4. The summed E-state index contributed by atoms with van der Waals surface area (Å²) < 4.78 is 5.52. The molecule has 0 saturated carbocycles. The number of carbonyl (C=O) groups is 1. The highest BCUT2D eigenvalue weighted by atomic mass is 16.3. The summed E-state index contributed by atoms with van der Waals surface area (Å²) in [6.45, 7) is 1.12. The lowest BCUT2D eigenvalue weighted by Gasteiger charge is -2.14. The van der Waals surface area contributed by atoms with Gasteiger partial charge in [0, 0.05) is 25.2 Å². The summed E-state index contributed by atoms with van der Waals surface area (Å²) >= 11 is 0. The molecule has 0 spiro atoms. The van der Waals surface area contributed by atoms with Crippen LogP contribution in [0.2, 0.25) is 0 Å². The van der Waals surface area contributed by atoms with Crippen LogP contribution in [0.3, 0.4) is 0 Å². The van der Waals surface area contributed by atoms with Gasteiger partial charge < -0.3 is 15.1 Å². The summed E-state index contributed by atoms with van der Waals surface area (Å²) in [5.74, 6) is -0.186. The van der Waals surface area contributed by atoms with Crippen LogP contribution in [0.25, 0.3) is 11.0 Å². The second kappa shape index (κ2) is 4.51. The van der Waals surface area contributed by atoms with Gasteiger partial charge in [0.05, 0.1) is 5.39 Å². The molecule has 1 aromatic carbocycles. The van der Waals surface area contributed by atoms with Gasteiger partial charge in [-0.05, 0) is 18.6 Å². The number of amides is 1. The van der Waals surface area contributed by atoms with Gasteiger partial charge in [-0.3, -0.25) is 9.59 Å². The van der Waals surface area contributed by atoms with Gasteiger partial charge in [0.15, 0.2) is 11.2 Å². The molecule has 3 rings (SSSR count). The third-order valence-electron chi connectivity index (χ3n) is 3.36. The van der Waals surface area contributed by atoms with Crippen molar-refractivity contribution in [2.24, 2.45) is 5.73 Å². The van der Waals surface area contributed by atoms with Gasteiger partial charge in [0.2, 0.25) is 0 Å². The Hall–Kier alpha value is -2.14. The third-order valence-corrected chi connectivity index (χ3v) is 3.36. The molecular weight excluding hydrogens is 244 g/mol. The van der Waals surface area contributed by atoms with Gasteiger partial charge in [0.25, 0.3) is 5.91 Å². The maximum atomic E-state index is 12.2. The van der Waals surface area contributed by atoms with E-state index in [1.165, 1.54) is 6.07 Å². The van der Waals surface area contributed by atoms with Gasteiger partial charge in [-0.2, -0.15) is 0 Å². The fourth-order valence-electron chi connectivity index (χ4n) is 2.34. The Kier molecular flexibility index (Phi) is 2.83. The molecule has 2 aromatic rings. The minimum atomic E-state index is -0.268. The number of carbonyl (C=O) groups excluding carboxylic acids is 1. The molecule has 5 heteroatoms. The van der Waals surface area contributed by atoms with Crippen LogP contribution in [0.1, 0.15) is 17.0 Å². The van der Waals surface area contributed by atoms with Crippen LogP contribution in [0.5, 0.6) is 0 Å². The Labute approximate surface area is 109 Å². The first-order valence-electron chi connectivity index (χ1n) is 6.23. The Balaban J connectivity index is 2.01. The smallest absolute Gasteiger partial charge is 0.289 e. The number of benzene rings is 1. The van der Waals surface area contributed by atoms with E-state index >= 15 is 0 Å². The molecule has 1 amide bonds. The van der Waals surface area contributed by atoms with Crippen LogP contribution < -0.4 is 11.2 Å². The predicted octanol–water partition coefficient (Wildman–Crippen LogP) is 0.966. The fraction of sp³-hybridized carbons (Fsp3) is 0.286. The van der Waals surface area contributed by atoms with Crippen molar-refractivity contribution in [1.29, 1.82) is 0 Å². The van der Waals surface area contributed by atoms with Crippen molar-refractivity contribution in [3.05, 3.63) is 46.3 Å². The lowest BCUT2D eigenvalue weighted by molar-refractivity contribution is 0.0760. The SMILES string of the molecule is NC1CCN(C(=O)c2cc(=O)c3ccccc3o2)C1. The highest BCUT2D eigenvalue weighted by Crippen LogP contribution is 2.15. The van der Waals surface area contributed by atoms with E-state index < -0.39 is 0 Å². The number of likely N-dealkylation sites (tertiary alicyclic amines) is 1. The molecule has 1 aromatic heterocycles. The summed E-state index contributed by atoms with van der Waals surface area (Å²) in [7, 11) is 0. The van der Waals surface area contributed by atoms with Gasteiger partial charge in [0.1, 0.15) is 5.58 Å². The van der Waals surface area contributed by atoms with Crippen molar-refractivity contribution in [1.82, 2.24) is 4.90 Å². The first-order chi connectivity index (χ1) is 9.15. The molecule has 1 aliphatic rings. The first-order valence-corrected chi connectivity index (χ1v) is 6.23. The Bertz CT molecular complexity index is 692. The summed E-state index contributed by atoms with van der Waals surface area (Å²) in [4.78, 5) is 25.8. The number of nitrogens with zero attached hydrogens (tertiary/aromatic N) is 1. The lowest BCUT2D eigenvalue weighted by Crippen LogP contribution is -2.32. The van der Waals surface area contributed by atoms with E-state index in [2.05, 4.69) is 0 Å². The zero-order valence-electron chi connectivity index (χ0n) is 10.3. The molecule has 1 saturated heterocycles. The van der Waals surface area contributed by atoms with Crippen LogP contribution >= 0.6 is 0 Å². The fourth-order valence-corrected chi connectivity index (χ4v) is 2.34. The van der Waals surface area contributed by atoms with Crippen molar-refractivity contribution in [3.8, 4) is 0 Å². The number of hydrogen-bond donors (Lipinski definition) is 1. The number of hydrogen-bond acceptors (Lipinski definition) is 4. The molecule has 0 aliphatic carbocycles. The number of fused-ring (bicyclic) bond motifs is 1. The summed E-state index contributed by atoms with van der Waals surface area (Å²) in [5, 5.41) is 0.483. The molecular formula is C14H14N2O3. The van der Waals surface area contributed by atoms with E-state index in [1.807, 2.05) is 0 Å². The summed E-state index contributed by atoms with van der Waals surface area (Å²) in [6, 6.07) is 8.17. The second-order valence-electron chi connectivity index (χ2n) is 4.77. The molecule has 19 heavy (non-hydrogen) atoms.